The molecule has 2 aromatic heterocycles. The molecule has 8 nitrogen and oxygen atoms in total. The average molecular weight is 289 g/mol. The summed E-state index contributed by atoms with van der Waals surface area (Å²) in [5, 5.41) is 18.6. The minimum absolute atomic E-state index is 0.120. The molecule has 0 fully saturated rings. The van der Waals surface area contributed by atoms with Crippen molar-refractivity contribution >= 4 is 11.9 Å². The van der Waals surface area contributed by atoms with E-state index in [1.54, 1.807) is 6.20 Å². The quantitative estimate of drug-likeness (QED) is 0.777. The Bertz CT molecular complexity index is 653. The number of amides is 1. The molecule has 2 heterocycles. The van der Waals surface area contributed by atoms with Crippen molar-refractivity contribution in [2.45, 2.75) is 19.9 Å². The number of aromatic nitrogens is 4. The van der Waals surface area contributed by atoms with Crippen LogP contribution in [-0.2, 0) is 17.8 Å². The average Bonchev–Trinajstić information content (AvgIpc) is 2.90. The van der Waals surface area contributed by atoms with E-state index in [2.05, 4.69) is 20.6 Å². The molecule has 0 spiro atoms. The van der Waals surface area contributed by atoms with Gasteiger partial charge < -0.3 is 10.4 Å². The van der Waals surface area contributed by atoms with Crippen LogP contribution in [0.15, 0.2) is 24.5 Å². The van der Waals surface area contributed by atoms with E-state index in [0.29, 0.717) is 13.1 Å². The van der Waals surface area contributed by atoms with Crippen molar-refractivity contribution in [2.75, 3.05) is 6.54 Å². The second-order valence-corrected chi connectivity index (χ2v) is 4.47. The maximum absolute atomic E-state index is 11.8. The zero-order valence-electron chi connectivity index (χ0n) is 11.5. The molecular formula is C13H15N5O3. The van der Waals surface area contributed by atoms with E-state index in [9.17, 15) is 9.59 Å². The lowest BCUT2D eigenvalue weighted by atomic mass is 10.1. The fourth-order valence-corrected chi connectivity index (χ4v) is 1.73. The van der Waals surface area contributed by atoms with Crippen LogP contribution < -0.4 is 5.32 Å². The van der Waals surface area contributed by atoms with E-state index in [4.69, 9.17) is 5.11 Å². The summed E-state index contributed by atoms with van der Waals surface area (Å²) < 4.78 is 1.37. The molecule has 21 heavy (non-hydrogen) atoms. The van der Waals surface area contributed by atoms with Crippen LogP contribution in [0.2, 0.25) is 0 Å². The summed E-state index contributed by atoms with van der Waals surface area (Å²) in [5.41, 5.74) is 1.59. The third-order valence-corrected chi connectivity index (χ3v) is 2.87. The third kappa shape index (κ3) is 4.10. The van der Waals surface area contributed by atoms with Crippen molar-refractivity contribution in [2.24, 2.45) is 0 Å². The van der Waals surface area contributed by atoms with Crippen LogP contribution in [0.1, 0.15) is 21.7 Å². The van der Waals surface area contributed by atoms with Crippen LogP contribution in [-0.4, -0.2) is 43.5 Å². The van der Waals surface area contributed by atoms with Gasteiger partial charge in [-0.15, -0.1) is 5.10 Å². The van der Waals surface area contributed by atoms with Gasteiger partial charge in [-0.05, 0) is 18.6 Å². The molecule has 0 bridgehead atoms. The van der Waals surface area contributed by atoms with Crippen molar-refractivity contribution in [1.29, 1.82) is 0 Å². The Hall–Kier alpha value is -2.77. The predicted octanol–water partition coefficient (Wildman–Crippen LogP) is 0.0386. The first-order chi connectivity index (χ1) is 10.1. The van der Waals surface area contributed by atoms with Crippen molar-refractivity contribution in [1.82, 2.24) is 25.3 Å². The van der Waals surface area contributed by atoms with Gasteiger partial charge in [0.25, 0.3) is 0 Å². The van der Waals surface area contributed by atoms with E-state index in [1.807, 2.05) is 19.1 Å². The molecule has 0 saturated carbocycles. The number of aromatic carboxylic acids is 1. The summed E-state index contributed by atoms with van der Waals surface area (Å²) in [6.45, 7) is 2.60. The van der Waals surface area contributed by atoms with E-state index in [-0.39, 0.29) is 18.0 Å². The Morgan fingerprint density at radius 3 is 2.90 bits per heavy atom. The normalized spacial score (nSPS) is 10.3. The Labute approximate surface area is 120 Å². The standard InChI is InChI=1S/C13H15N5O3/c1-9-3-2-4-14-10(9)7-12(19)15-5-6-18-8-11(13(20)21)16-17-18/h2-4,8H,5-7H2,1H3,(H,15,19)(H,20,21). The highest BCUT2D eigenvalue weighted by molar-refractivity contribution is 5.84. The second kappa shape index (κ2) is 6.60. The monoisotopic (exact) mass is 289 g/mol. The molecule has 0 aromatic carbocycles. The molecular weight excluding hydrogens is 274 g/mol. The summed E-state index contributed by atoms with van der Waals surface area (Å²) >= 11 is 0. The number of hydrogen-bond acceptors (Lipinski definition) is 5. The third-order valence-electron chi connectivity index (χ3n) is 2.87. The SMILES string of the molecule is Cc1cccnc1CC(=O)NCCn1cc(C(=O)O)nn1. The Morgan fingerprint density at radius 1 is 1.43 bits per heavy atom. The lowest BCUT2D eigenvalue weighted by Gasteiger charge is -2.06. The van der Waals surface area contributed by atoms with Crippen LogP contribution in [0.25, 0.3) is 0 Å². The van der Waals surface area contributed by atoms with Gasteiger partial charge in [0.15, 0.2) is 5.69 Å². The fraction of sp³-hybridized carbons (Fsp3) is 0.308. The zero-order chi connectivity index (χ0) is 15.2. The molecule has 0 atom stereocenters. The minimum atomic E-state index is -1.13. The fourth-order valence-electron chi connectivity index (χ4n) is 1.73. The molecule has 110 valence electrons. The largest absolute Gasteiger partial charge is 0.476 e. The number of carboxylic acid groups (broad SMARTS) is 1. The summed E-state index contributed by atoms with van der Waals surface area (Å²) in [7, 11) is 0. The predicted molar refractivity (Wildman–Crippen MR) is 72.7 cm³/mol. The lowest BCUT2D eigenvalue weighted by molar-refractivity contribution is -0.120. The maximum Gasteiger partial charge on any atom is 0.358 e. The van der Waals surface area contributed by atoms with Gasteiger partial charge in [0.1, 0.15) is 0 Å². The van der Waals surface area contributed by atoms with Crippen LogP contribution in [0, 0.1) is 6.92 Å². The van der Waals surface area contributed by atoms with E-state index in [1.165, 1.54) is 10.9 Å². The number of carbonyl (C=O) groups is 2. The van der Waals surface area contributed by atoms with Crippen molar-refractivity contribution < 1.29 is 14.7 Å². The molecule has 0 unspecified atom stereocenters. The highest BCUT2D eigenvalue weighted by atomic mass is 16.4. The number of carboxylic acids is 1. The Morgan fingerprint density at radius 2 is 2.24 bits per heavy atom. The Balaban J connectivity index is 1.79. The zero-order valence-corrected chi connectivity index (χ0v) is 11.5. The minimum Gasteiger partial charge on any atom is -0.476 e. The van der Waals surface area contributed by atoms with E-state index >= 15 is 0 Å². The van der Waals surface area contributed by atoms with Gasteiger partial charge in [0.05, 0.1) is 24.9 Å². The molecule has 0 aliphatic rings. The number of aryl methyl sites for hydroxylation is 1. The lowest BCUT2D eigenvalue weighted by Crippen LogP contribution is -2.29. The number of nitrogens with one attached hydrogen (secondary N) is 1. The summed E-state index contributed by atoms with van der Waals surface area (Å²) in [5.74, 6) is -1.27. The number of nitrogens with zero attached hydrogens (tertiary/aromatic N) is 4. The number of pyridine rings is 1. The molecule has 2 rings (SSSR count). The molecule has 2 aromatic rings. The summed E-state index contributed by atoms with van der Waals surface area (Å²) in [6.07, 6.45) is 3.18. The van der Waals surface area contributed by atoms with Crippen molar-refractivity contribution in [3.8, 4) is 0 Å². The molecule has 0 aliphatic carbocycles. The van der Waals surface area contributed by atoms with Crippen LogP contribution in [0.4, 0.5) is 0 Å². The van der Waals surface area contributed by atoms with Gasteiger partial charge in [-0.25, -0.2) is 9.48 Å². The van der Waals surface area contributed by atoms with Gasteiger partial charge >= 0.3 is 5.97 Å². The van der Waals surface area contributed by atoms with Crippen LogP contribution >= 0.6 is 0 Å². The smallest absolute Gasteiger partial charge is 0.358 e. The number of carbonyl (C=O) groups excluding carboxylic acids is 1. The summed E-state index contributed by atoms with van der Waals surface area (Å²) in [4.78, 5) is 26.6. The molecule has 0 radical (unpaired) electrons. The first-order valence-corrected chi connectivity index (χ1v) is 6.37. The molecule has 8 heteroatoms. The highest BCUT2D eigenvalue weighted by Crippen LogP contribution is 2.03. The number of rotatable bonds is 6. The molecule has 0 saturated heterocycles. The van der Waals surface area contributed by atoms with Crippen molar-refractivity contribution in [3.63, 3.8) is 0 Å². The van der Waals surface area contributed by atoms with Crippen LogP contribution in [0.5, 0.6) is 0 Å². The van der Waals surface area contributed by atoms with Gasteiger partial charge in [0, 0.05) is 12.7 Å². The first kappa shape index (κ1) is 14.6. The van der Waals surface area contributed by atoms with Gasteiger partial charge in [-0.1, -0.05) is 11.3 Å². The van der Waals surface area contributed by atoms with Gasteiger partial charge in [0.2, 0.25) is 5.91 Å². The summed E-state index contributed by atoms with van der Waals surface area (Å²) in [6, 6.07) is 3.72. The topological polar surface area (TPSA) is 110 Å². The Kier molecular flexibility index (Phi) is 4.60. The number of hydrogen-bond donors (Lipinski definition) is 2. The first-order valence-electron chi connectivity index (χ1n) is 6.37. The molecule has 2 N–H and O–H groups in total. The maximum atomic E-state index is 11.8. The molecule has 0 aliphatic heterocycles. The second-order valence-electron chi connectivity index (χ2n) is 4.47. The van der Waals surface area contributed by atoms with E-state index < -0.39 is 5.97 Å². The van der Waals surface area contributed by atoms with Gasteiger partial charge in [-0.2, -0.15) is 0 Å². The highest BCUT2D eigenvalue weighted by Gasteiger charge is 2.09. The van der Waals surface area contributed by atoms with Crippen LogP contribution in [0.3, 0.4) is 0 Å². The molecule has 1 amide bonds. The van der Waals surface area contributed by atoms with Crippen molar-refractivity contribution in [3.05, 3.63) is 41.5 Å². The van der Waals surface area contributed by atoms with E-state index in [0.717, 1.165) is 11.3 Å². The van der Waals surface area contributed by atoms with Gasteiger partial charge in [-0.3, -0.25) is 9.78 Å².